The van der Waals surface area contributed by atoms with Crippen molar-refractivity contribution in [2.75, 3.05) is 38.2 Å². The van der Waals surface area contributed by atoms with Crippen LogP contribution in [0.25, 0.3) is 5.65 Å². The third kappa shape index (κ3) is 3.23. The summed E-state index contributed by atoms with van der Waals surface area (Å²) in [4.78, 5) is 5.17. The van der Waals surface area contributed by atoms with Gasteiger partial charge < -0.3 is 10.1 Å². The monoisotopic (exact) mass is 345 g/mol. The van der Waals surface area contributed by atoms with Crippen molar-refractivity contribution in [2.24, 2.45) is 0 Å². The van der Waals surface area contributed by atoms with Gasteiger partial charge in [0.25, 0.3) is 0 Å². The molecule has 0 aromatic carbocycles. The maximum absolute atomic E-state index is 5.50. The lowest BCUT2D eigenvalue weighted by molar-refractivity contribution is 0.0194. The van der Waals surface area contributed by atoms with E-state index in [0.717, 1.165) is 38.7 Å². The van der Waals surface area contributed by atoms with Crippen LogP contribution in [0.3, 0.4) is 0 Å². The molecule has 1 aliphatic rings. The number of hydrogen-bond acceptors (Lipinski definition) is 8. The van der Waals surface area contributed by atoms with Crippen LogP contribution in [0.4, 0.5) is 5.82 Å². The van der Waals surface area contributed by atoms with Gasteiger partial charge in [-0.25, -0.2) is 0 Å². The number of ether oxygens (including phenoxy) is 1. The molecule has 0 unspecified atom stereocenters. The van der Waals surface area contributed by atoms with Crippen molar-refractivity contribution in [2.45, 2.75) is 13.0 Å². The van der Waals surface area contributed by atoms with Crippen LogP contribution in [-0.4, -0.2) is 63.0 Å². The molecule has 1 atom stereocenters. The molecule has 0 aliphatic carbocycles. The Morgan fingerprint density at radius 2 is 2.12 bits per heavy atom. The first kappa shape index (κ1) is 15.4. The van der Waals surface area contributed by atoms with Gasteiger partial charge >= 0.3 is 0 Å². The standard InChI is InChI=1S/C15H19N7OS/c1-11-2-3-13(24-11)12(21-6-8-23-9-7-21)10-16-14-4-5-15-17-19-20-22(15)18-14/h2-5,12H,6-10H2,1H3,(H,16,18)/t12-/m0/s1. The molecule has 1 fully saturated rings. The van der Waals surface area contributed by atoms with Gasteiger partial charge in [0.2, 0.25) is 0 Å². The summed E-state index contributed by atoms with van der Waals surface area (Å²) in [5.41, 5.74) is 0.638. The summed E-state index contributed by atoms with van der Waals surface area (Å²) in [6.07, 6.45) is 0. The van der Waals surface area contributed by atoms with Crippen molar-refractivity contribution in [1.82, 2.24) is 30.2 Å². The number of thiophene rings is 1. The van der Waals surface area contributed by atoms with E-state index >= 15 is 0 Å². The fourth-order valence-electron chi connectivity index (χ4n) is 2.88. The Labute approximate surface area is 143 Å². The van der Waals surface area contributed by atoms with Crippen molar-refractivity contribution in [1.29, 1.82) is 0 Å². The number of nitrogens with zero attached hydrogens (tertiary/aromatic N) is 6. The minimum absolute atomic E-state index is 0.305. The van der Waals surface area contributed by atoms with E-state index in [1.807, 2.05) is 23.5 Å². The molecule has 24 heavy (non-hydrogen) atoms. The summed E-state index contributed by atoms with van der Waals surface area (Å²) in [6.45, 7) is 6.39. The van der Waals surface area contributed by atoms with Crippen molar-refractivity contribution < 1.29 is 4.74 Å². The number of morpholine rings is 1. The van der Waals surface area contributed by atoms with E-state index in [1.54, 1.807) is 0 Å². The lowest BCUT2D eigenvalue weighted by Crippen LogP contribution is -2.41. The second-order valence-electron chi connectivity index (χ2n) is 5.74. The van der Waals surface area contributed by atoms with E-state index in [-0.39, 0.29) is 0 Å². The van der Waals surface area contributed by atoms with Crippen LogP contribution in [0.2, 0.25) is 0 Å². The molecule has 0 saturated carbocycles. The molecule has 126 valence electrons. The highest BCUT2D eigenvalue weighted by Crippen LogP contribution is 2.28. The molecule has 0 radical (unpaired) electrons. The van der Waals surface area contributed by atoms with Crippen molar-refractivity contribution in [3.63, 3.8) is 0 Å². The average Bonchev–Trinajstić information content (AvgIpc) is 3.24. The first-order valence-electron chi connectivity index (χ1n) is 7.97. The van der Waals surface area contributed by atoms with Crippen molar-refractivity contribution in [3.8, 4) is 0 Å². The SMILES string of the molecule is Cc1ccc([C@H](CNc2ccc3nnnn3n2)N2CCOCC2)s1. The molecule has 1 saturated heterocycles. The second-order valence-corrected chi connectivity index (χ2v) is 7.06. The molecule has 3 aromatic heterocycles. The minimum Gasteiger partial charge on any atom is -0.379 e. The van der Waals surface area contributed by atoms with Gasteiger partial charge in [-0.3, -0.25) is 4.90 Å². The third-order valence-corrected chi connectivity index (χ3v) is 5.22. The topological polar surface area (TPSA) is 80.5 Å². The molecular formula is C15H19N7OS. The predicted octanol–water partition coefficient (Wildman–Crippen LogP) is 1.37. The maximum atomic E-state index is 5.50. The number of fused-ring (bicyclic) bond motifs is 1. The molecule has 1 N–H and O–H groups in total. The molecule has 4 rings (SSSR count). The third-order valence-electron chi connectivity index (χ3n) is 4.12. The number of aryl methyl sites for hydroxylation is 1. The normalized spacial score (nSPS) is 17.2. The Morgan fingerprint density at radius 1 is 1.25 bits per heavy atom. The van der Waals surface area contributed by atoms with Crippen LogP contribution in [0.15, 0.2) is 24.3 Å². The number of nitrogens with one attached hydrogen (secondary N) is 1. The Morgan fingerprint density at radius 3 is 2.92 bits per heavy atom. The fourth-order valence-corrected chi connectivity index (χ4v) is 3.89. The number of aromatic nitrogens is 5. The summed E-state index contributed by atoms with van der Waals surface area (Å²) >= 11 is 1.85. The first-order chi connectivity index (χ1) is 11.8. The highest BCUT2D eigenvalue weighted by Gasteiger charge is 2.23. The van der Waals surface area contributed by atoms with E-state index in [2.05, 4.69) is 49.9 Å². The Kier molecular flexibility index (Phi) is 4.37. The smallest absolute Gasteiger partial charge is 0.200 e. The molecule has 3 aromatic rings. The lowest BCUT2D eigenvalue weighted by atomic mass is 10.2. The van der Waals surface area contributed by atoms with Crippen LogP contribution in [0, 0.1) is 6.92 Å². The van der Waals surface area contributed by atoms with E-state index < -0.39 is 0 Å². The molecule has 0 spiro atoms. The maximum Gasteiger partial charge on any atom is 0.200 e. The molecular weight excluding hydrogens is 326 g/mol. The molecule has 9 heteroatoms. The van der Waals surface area contributed by atoms with Gasteiger partial charge in [-0.2, -0.15) is 0 Å². The largest absolute Gasteiger partial charge is 0.379 e. The fraction of sp³-hybridized carbons (Fsp3) is 0.467. The van der Waals surface area contributed by atoms with Gasteiger partial charge in [0, 0.05) is 29.4 Å². The minimum atomic E-state index is 0.305. The van der Waals surface area contributed by atoms with E-state index in [1.165, 1.54) is 14.4 Å². The van der Waals surface area contributed by atoms with Crippen molar-refractivity contribution in [3.05, 3.63) is 34.0 Å². The van der Waals surface area contributed by atoms with Gasteiger partial charge in [-0.15, -0.1) is 26.2 Å². The van der Waals surface area contributed by atoms with E-state index in [9.17, 15) is 0 Å². The Bertz CT molecular complexity index is 811. The molecule has 0 amide bonds. The molecule has 8 nitrogen and oxygen atoms in total. The van der Waals surface area contributed by atoms with Gasteiger partial charge in [0.05, 0.1) is 19.3 Å². The Hall–Kier alpha value is -2.10. The first-order valence-corrected chi connectivity index (χ1v) is 8.79. The number of anilines is 1. The van der Waals surface area contributed by atoms with Crippen LogP contribution < -0.4 is 5.32 Å². The van der Waals surface area contributed by atoms with Crippen LogP contribution >= 0.6 is 11.3 Å². The summed E-state index contributed by atoms with van der Waals surface area (Å²) in [6, 6.07) is 8.47. The lowest BCUT2D eigenvalue weighted by Gasteiger charge is -2.34. The number of tetrazole rings is 1. The highest BCUT2D eigenvalue weighted by molar-refractivity contribution is 7.12. The summed E-state index contributed by atoms with van der Waals surface area (Å²) in [5, 5.41) is 19.1. The number of rotatable bonds is 5. The van der Waals surface area contributed by atoms with Gasteiger partial charge in [0.1, 0.15) is 5.82 Å². The van der Waals surface area contributed by atoms with Crippen LogP contribution in [-0.2, 0) is 4.74 Å². The highest BCUT2D eigenvalue weighted by atomic mass is 32.1. The second kappa shape index (κ2) is 6.80. The van der Waals surface area contributed by atoms with E-state index in [0.29, 0.717) is 11.7 Å². The average molecular weight is 345 g/mol. The van der Waals surface area contributed by atoms with Gasteiger partial charge in [0.15, 0.2) is 5.65 Å². The number of hydrogen-bond donors (Lipinski definition) is 1. The summed E-state index contributed by atoms with van der Waals surface area (Å²) in [7, 11) is 0. The van der Waals surface area contributed by atoms with Gasteiger partial charge in [-0.1, -0.05) is 0 Å². The van der Waals surface area contributed by atoms with Crippen LogP contribution in [0.5, 0.6) is 0 Å². The summed E-state index contributed by atoms with van der Waals surface area (Å²) < 4.78 is 6.93. The molecule has 1 aliphatic heterocycles. The zero-order valence-electron chi connectivity index (χ0n) is 13.4. The quantitative estimate of drug-likeness (QED) is 0.748. The van der Waals surface area contributed by atoms with E-state index in [4.69, 9.17) is 4.74 Å². The summed E-state index contributed by atoms with van der Waals surface area (Å²) in [5.74, 6) is 0.765. The van der Waals surface area contributed by atoms with Gasteiger partial charge in [-0.05, 0) is 41.6 Å². The predicted molar refractivity (Wildman–Crippen MR) is 91.3 cm³/mol. The molecule has 0 bridgehead atoms. The zero-order valence-corrected chi connectivity index (χ0v) is 14.2. The molecule has 4 heterocycles. The Balaban J connectivity index is 1.52. The van der Waals surface area contributed by atoms with Crippen LogP contribution in [0.1, 0.15) is 15.8 Å². The van der Waals surface area contributed by atoms with Crippen molar-refractivity contribution >= 4 is 22.8 Å². The zero-order chi connectivity index (χ0) is 16.4.